The first-order chi connectivity index (χ1) is 9.60. The number of rotatable bonds is 7. The minimum Gasteiger partial charge on any atom is -0.396 e. The zero-order valence-electron chi connectivity index (χ0n) is 13.6. The molecule has 1 aliphatic heterocycles. The van der Waals surface area contributed by atoms with Crippen LogP contribution in [0.2, 0.25) is 0 Å². The normalized spacial score (nSPS) is 30.4. The Morgan fingerprint density at radius 1 is 1.20 bits per heavy atom. The molecule has 1 aliphatic carbocycles. The molecule has 0 bridgehead atoms. The maximum Gasteiger partial charge on any atom is 0.0434 e. The summed E-state index contributed by atoms with van der Waals surface area (Å²) in [4.78, 5) is 2.70. The van der Waals surface area contributed by atoms with Crippen LogP contribution < -0.4 is 5.32 Å². The minimum absolute atomic E-state index is 0.340. The van der Waals surface area contributed by atoms with E-state index in [1.807, 2.05) is 0 Å². The zero-order chi connectivity index (χ0) is 14.5. The fraction of sp³-hybridized carbons (Fsp3) is 1.00. The van der Waals surface area contributed by atoms with E-state index in [2.05, 4.69) is 31.0 Å². The van der Waals surface area contributed by atoms with Gasteiger partial charge in [0.05, 0.1) is 0 Å². The summed E-state index contributed by atoms with van der Waals surface area (Å²) in [7, 11) is 0. The summed E-state index contributed by atoms with van der Waals surface area (Å²) >= 11 is 0. The monoisotopic (exact) mass is 282 g/mol. The van der Waals surface area contributed by atoms with Gasteiger partial charge in [-0.1, -0.05) is 20.3 Å². The second kappa shape index (κ2) is 7.77. The lowest BCUT2D eigenvalue weighted by molar-refractivity contribution is 0.0444. The molecule has 3 heteroatoms. The quantitative estimate of drug-likeness (QED) is 0.753. The number of piperidine rings is 1. The zero-order valence-corrected chi connectivity index (χ0v) is 13.6. The van der Waals surface area contributed by atoms with Gasteiger partial charge in [0.25, 0.3) is 0 Å². The van der Waals surface area contributed by atoms with Crippen LogP contribution in [0, 0.1) is 17.8 Å². The number of aliphatic hydroxyl groups excluding tert-OH is 1. The molecule has 3 atom stereocenters. The highest BCUT2D eigenvalue weighted by Gasteiger charge is 2.34. The van der Waals surface area contributed by atoms with E-state index in [9.17, 15) is 5.11 Å². The van der Waals surface area contributed by atoms with Gasteiger partial charge in [0.15, 0.2) is 0 Å². The molecule has 2 rings (SSSR count). The summed E-state index contributed by atoms with van der Waals surface area (Å²) < 4.78 is 0. The number of nitrogens with zero attached hydrogens (tertiary/aromatic N) is 1. The Hall–Kier alpha value is -0.120. The van der Waals surface area contributed by atoms with Gasteiger partial charge in [0, 0.05) is 31.8 Å². The molecule has 3 nitrogen and oxygen atoms in total. The molecule has 20 heavy (non-hydrogen) atoms. The summed E-state index contributed by atoms with van der Waals surface area (Å²) in [5, 5.41) is 13.0. The van der Waals surface area contributed by atoms with Crippen LogP contribution in [0.5, 0.6) is 0 Å². The van der Waals surface area contributed by atoms with Crippen molar-refractivity contribution in [1.82, 2.24) is 10.2 Å². The molecule has 118 valence electrons. The predicted molar refractivity (Wildman–Crippen MR) is 84.8 cm³/mol. The number of aliphatic hydroxyl groups is 1. The van der Waals surface area contributed by atoms with Crippen LogP contribution in [0.25, 0.3) is 0 Å². The van der Waals surface area contributed by atoms with Gasteiger partial charge in [-0.05, 0) is 56.9 Å². The van der Waals surface area contributed by atoms with Crippen LogP contribution in [0.1, 0.15) is 52.9 Å². The lowest BCUT2D eigenvalue weighted by atomic mass is 9.78. The maximum absolute atomic E-state index is 9.28. The van der Waals surface area contributed by atoms with Crippen molar-refractivity contribution < 1.29 is 5.11 Å². The van der Waals surface area contributed by atoms with Crippen molar-refractivity contribution in [2.75, 3.05) is 26.2 Å². The molecule has 0 aromatic rings. The van der Waals surface area contributed by atoms with Crippen molar-refractivity contribution >= 4 is 0 Å². The van der Waals surface area contributed by atoms with E-state index in [0.717, 1.165) is 24.9 Å². The summed E-state index contributed by atoms with van der Waals surface area (Å²) in [5.41, 5.74) is 0. The van der Waals surface area contributed by atoms with Gasteiger partial charge in [0.1, 0.15) is 0 Å². The Bertz CT molecular complexity index is 278. The number of nitrogens with one attached hydrogen (secondary N) is 1. The van der Waals surface area contributed by atoms with Crippen molar-refractivity contribution in [3.8, 4) is 0 Å². The van der Waals surface area contributed by atoms with Gasteiger partial charge < -0.3 is 10.4 Å². The van der Waals surface area contributed by atoms with Crippen molar-refractivity contribution in [3.05, 3.63) is 0 Å². The minimum atomic E-state index is 0.340. The van der Waals surface area contributed by atoms with E-state index in [1.165, 1.54) is 38.8 Å². The third kappa shape index (κ3) is 4.44. The summed E-state index contributed by atoms with van der Waals surface area (Å²) in [5.74, 6) is 2.31. The number of hydrogen-bond acceptors (Lipinski definition) is 3. The predicted octanol–water partition coefficient (Wildman–Crippen LogP) is 2.49. The van der Waals surface area contributed by atoms with Crippen LogP contribution in [0.15, 0.2) is 0 Å². The lowest BCUT2D eigenvalue weighted by Gasteiger charge is -2.46. The third-order valence-electron chi connectivity index (χ3n) is 5.33. The Morgan fingerprint density at radius 2 is 1.95 bits per heavy atom. The number of hydrogen-bond donors (Lipinski definition) is 2. The van der Waals surface area contributed by atoms with E-state index >= 15 is 0 Å². The molecule has 0 radical (unpaired) electrons. The van der Waals surface area contributed by atoms with Gasteiger partial charge in [-0.3, -0.25) is 4.90 Å². The molecule has 1 heterocycles. The van der Waals surface area contributed by atoms with Crippen molar-refractivity contribution in [2.24, 2.45) is 17.8 Å². The van der Waals surface area contributed by atoms with Gasteiger partial charge in [-0.25, -0.2) is 0 Å². The van der Waals surface area contributed by atoms with E-state index in [0.29, 0.717) is 24.5 Å². The molecular weight excluding hydrogens is 248 g/mol. The Labute approximate surface area is 125 Å². The fourth-order valence-corrected chi connectivity index (χ4v) is 3.74. The summed E-state index contributed by atoms with van der Waals surface area (Å²) in [6, 6.07) is 1.35. The van der Waals surface area contributed by atoms with E-state index in [4.69, 9.17) is 0 Å². The van der Waals surface area contributed by atoms with Crippen LogP contribution in [-0.2, 0) is 0 Å². The molecule has 0 aromatic carbocycles. The Kier molecular flexibility index (Phi) is 6.31. The molecule has 2 fully saturated rings. The summed E-state index contributed by atoms with van der Waals surface area (Å²) in [6.45, 7) is 10.8. The highest BCUT2D eigenvalue weighted by molar-refractivity contribution is 4.90. The van der Waals surface area contributed by atoms with Crippen molar-refractivity contribution in [2.45, 2.75) is 65.0 Å². The Morgan fingerprint density at radius 3 is 2.50 bits per heavy atom. The van der Waals surface area contributed by atoms with E-state index < -0.39 is 0 Å². The van der Waals surface area contributed by atoms with Gasteiger partial charge in [0.2, 0.25) is 0 Å². The van der Waals surface area contributed by atoms with Crippen LogP contribution >= 0.6 is 0 Å². The molecule has 0 spiro atoms. The standard InChI is InChI=1S/C17H34N2O/c1-13(2)10-18-17-9-15(7-8-20)11-19(12-17)14(3)16-5-4-6-16/h13-18,20H,4-12H2,1-3H3. The van der Waals surface area contributed by atoms with E-state index in [-0.39, 0.29) is 0 Å². The first-order valence-corrected chi connectivity index (χ1v) is 8.68. The van der Waals surface area contributed by atoms with Crippen LogP contribution in [0.3, 0.4) is 0 Å². The molecule has 0 aromatic heterocycles. The average molecular weight is 282 g/mol. The highest BCUT2D eigenvalue weighted by atomic mass is 16.3. The SMILES string of the molecule is CC(C)CNC1CC(CCO)CN(C(C)C2CCC2)C1. The molecule has 3 unspecified atom stereocenters. The summed E-state index contributed by atoms with van der Waals surface area (Å²) in [6.07, 6.45) is 6.48. The second-order valence-electron chi connectivity index (χ2n) is 7.50. The van der Waals surface area contributed by atoms with Gasteiger partial charge in [-0.2, -0.15) is 0 Å². The van der Waals surface area contributed by atoms with E-state index in [1.54, 1.807) is 0 Å². The van der Waals surface area contributed by atoms with Gasteiger partial charge in [-0.15, -0.1) is 0 Å². The number of likely N-dealkylation sites (tertiary alicyclic amines) is 1. The fourth-order valence-electron chi connectivity index (χ4n) is 3.74. The van der Waals surface area contributed by atoms with Crippen LogP contribution in [-0.4, -0.2) is 48.3 Å². The molecule has 2 N–H and O–H groups in total. The van der Waals surface area contributed by atoms with Gasteiger partial charge >= 0.3 is 0 Å². The average Bonchev–Trinajstić information content (AvgIpc) is 2.34. The molecule has 2 aliphatic rings. The lowest BCUT2D eigenvalue weighted by Crippen LogP contribution is -2.54. The second-order valence-corrected chi connectivity index (χ2v) is 7.50. The topological polar surface area (TPSA) is 35.5 Å². The largest absolute Gasteiger partial charge is 0.396 e. The molecular formula is C17H34N2O. The first kappa shape index (κ1) is 16.3. The Balaban J connectivity index is 1.88. The van der Waals surface area contributed by atoms with Crippen molar-refractivity contribution in [3.63, 3.8) is 0 Å². The first-order valence-electron chi connectivity index (χ1n) is 8.68. The molecule has 1 saturated carbocycles. The third-order valence-corrected chi connectivity index (χ3v) is 5.33. The maximum atomic E-state index is 9.28. The van der Waals surface area contributed by atoms with Crippen molar-refractivity contribution in [1.29, 1.82) is 0 Å². The smallest absolute Gasteiger partial charge is 0.0434 e. The van der Waals surface area contributed by atoms with Crippen LogP contribution in [0.4, 0.5) is 0 Å². The molecule has 0 amide bonds. The highest BCUT2D eigenvalue weighted by Crippen LogP contribution is 2.34. The molecule has 1 saturated heterocycles.